The van der Waals surface area contributed by atoms with Gasteiger partial charge in [0.25, 0.3) is 0 Å². The molecule has 0 saturated heterocycles. The van der Waals surface area contributed by atoms with E-state index in [2.05, 4.69) is 44.0 Å². The maximum absolute atomic E-state index is 14.1. The van der Waals surface area contributed by atoms with Crippen molar-refractivity contribution in [2.24, 2.45) is 11.8 Å². The average Bonchev–Trinajstić information content (AvgIpc) is 2.41. The highest BCUT2D eigenvalue weighted by atomic mass is 19.1. The molecule has 1 N–H and O–H groups in total. The molecule has 2 nitrogen and oxygen atoms in total. The largest absolute Gasteiger partial charge is 0.371 e. The molecule has 1 aromatic rings. The van der Waals surface area contributed by atoms with Crippen molar-refractivity contribution in [1.82, 2.24) is 5.32 Å². The van der Waals surface area contributed by atoms with Gasteiger partial charge in [-0.05, 0) is 43.9 Å². The van der Waals surface area contributed by atoms with Crippen molar-refractivity contribution in [1.29, 1.82) is 0 Å². The van der Waals surface area contributed by atoms with Crippen LogP contribution in [0.25, 0.3) is 0 Å². The number of nitrogens with zero attached hydrogens (tertiary/aromatic N) is 1. The van der Waals surface area contributed by atoms with Crippen LogP contribution in [0.3, 0.4) is 0 Å². The van der Waals surface area contributed by atoms with Gasteiger partial charge in [-0.2, -0.15) is 0 Å². The molecule has 0 unspecified atom stereocenters. The van der Waals surface area contributed by atoms with Crippen LogP contribution in [0.1, 0.15) is 46.1 Å². The fourth-order valence-electron chi connectivity index (χ4n) is 2.38. The Bertz CT molecular complexity index is 404. The molecule has 0 amide bonds. The second-order valence-corrected chi connectivity index (χ2v) is 6.62. The monoisotopic (exact) mass is 294 g/mol. The van der Waals surface area contributed by atoms with Gasteiger partial charge in [0.05, 0.1) is 0 Å². The van der Waals surface area contributed by atoms with E-state index >= 15 is 0 Å². The van der Waals surface area contributed by atoms with Crippen LogP contribution < -0.4 is 10.2 Å². The van der Waals surface area contributed by atoms with E-state index in [0.717, 1.165) is 37.2 Å². The molecule has 0 aliphatic rings. The number of rotatable bonds is 9. The second-order valence-electron chi connectivity index (χ2n) is 6.62. The highest BCUT2D eigenvalue weighted by molar-refractivity contribution is 5.54. The van der Waals surface area contributed by atoms with E-state index in [-0.39, 0.29) is 5.82 Å². The summed E-state index contributed by atoms with van der Waals surface area (Å²) in [6.07, 6.45) is 2.27. The normalized spacial score (nSPS) is 11.4. The van der Waals surface area contributed by atoms with Crippen molar-refractivity contribution in [2.75, 3.05) is 25.0 Å². The van der Waals surface area contributed by atoms with Gasteiger partial charge >= 0.3 is 0 Å². The minimum absolute atomic E-state index is 0.110. The molecule has 21 heavy (non-hydrogen) atoms. The summed E-state index contributed by atoms with van der Waals surface area (Å²) >= 11 is 0. The lowest BCUT2D eigenvalue weighted by molar-refractivity contribution is 0.531. The first-order valence-corrected chi connectivity index (χ1v) is 8.12. The van der Waals surface area contributed by atoms with Crippen LogP contribution in [-0.2, 0) is 6.54 Å². The lowest BCUT2D eigenvalue weighted by atomic mass is 10.1. The van der Waals surface area contributed by atoms with Crippen LogP contribution in [0.4, 0.5) is 10.1 Å². The maximum atomic E-state index is 14.1. The molecule has 0 heterocycles. The van der Waals surface area contributed by atoms with Gasteiger partial charge in [-0.3, -0.25) is 0 Å². The van der Waals surface area contributed by atoms with E-state index in [4.69, 9.17) is 0 Å². The molecule has 0 fully saturated rings. The van der Waals surface area contributed by atoms with Gasteiger partial charge in [0, 0.05) is 30.9 Å². The standard InChI is InChI=1S/C18H31FN2/c1-14(2)9-11-21(12-10-15(3)4)18-8-6-7-17(19)16(18)13-20-5/h6-8,14-15,20H,9-13H2,1-5H3. The van der Waals surface area contributed by atoms with Crippen molar-refractivity contribution in [3.63, 3.8) is 0 Å². The van der Waals surface area contributed by atoms with Gasteiger partial charge < -0.3 is 10.2 Å². The Morgan fingerprint density at radius 2 is 1.62 bits per heavy atom. The first-order valence-electron chi connectivity index (χ1n) is 8.12. The quantitative estimate of drug-likeness (QED) is 0.724. The Balaban J connectivity index is 2.97. The van der Waals surface area contributed by atoms with Crippen LogP contribution in [0.5, 0.6) is 0 Å². The molecule has 120 valence electrons. The van der Waals surface area contributed by atoms with E-state index in [1.54, 1.807) is 6.07 Å². The lowest BCUT2D eigenvalue weighted by Crippen LogP contribution is -2.29. The van der Waals surface area contributed by atoms with E-state index in [9.17, 15) is 4.39 Å². The highest BCUT2D eigenvalue weighted by Gasteiger charge is 2.15. The fraction of sp³-hybridized carbons (Fsp3) is 0.667. The van der Waals surface area contributed by atoms with Crippen molar-refractivity contribution in [3.05, 3.63) is 29.6 Å². The predicted octanol–water partition coefficient (Wildman–Crippen LogP) is 4.44. The number of anilines is 1. The zero-order chi connectivity index (χ0) is 15.8. The molecule has 0 aliphatic heterocycles. The second kappa shape index (κ2) is 9.04. The van der Waals surface area contributed by atoms with Crippen LogP contribution in [0.2, 0.25) is 0 Å². The summed E-state index contributed by atoms with van der Waals surface area (Å²) < 4.78 is 14.1. The smallest absolute Gasteiger partial charge is 0.129 e. The zero-order valence-corrected chi connectivity index (χ0v) is 14.2. The van der Waals surface area contributed by atoms with Gasteiger partial charge in [-0.15, -0.1) is 0 Å². The van der Waals surface area contributed by atoms with Crippen molar-refractivity contribution >= 4 is 5.69 Å². The lowest BCUT2D eigenvalue weighted by Gasteiger charge is -2.29. The minimum atomic E-state index is -0.110. The third kappa shape index (κ3) is 6.04. The molecule has 0 aliphatic carbocycles. The number of halogens is 1. The number of hydrogen-bond donors (Lipinski definition) is 1. The molecule has 0 atom stereocenters. The van der Waals surface area contributed by atoms with Crippen LogP contribution in [0.15, 0.2) is 18.2 Å². The first kappa shape index (κ1) is 18.0. The van der Waals surface area contributed by atoms with Crippen LogP contribution in [-0.4, -0.2) is 20.1 Å². The van der Waals surface area contributed by atoms with E-state index in [0.29, 0.717) is 18.4 Å². The topological polar surface area (TPSA) is 15.3 Å². The summed E-state index contributed by atoms with van der Waals surface area (Å²) in [6.45, 7) is 11.5. The summed E-state index contributed by atoms with van der Waals surface area (Å²) in [5.74, 6) is 1.21. The first-order chi connectivity index (χ1) is 9.95. The maximum Gasteiger partial charge on any atom is 0.129 e. The summed E-state index contributed by atoms with van der Waals surface area (Å²) in [5, 5.41) is 3.08. The van der Waals surface area contributed by atoms with Crippen LogP contribution >= 0.6 is 0 Å². The molecule has 3 heteroatoms. The number of nitrogens with one attached hydrogen (secondary N) is 1. The third-order valence-corrected chi connectivity index (χ3v) is 3.74. The molecule has 0 aromatic heterocycles. The Labute approximate surface area is 129 Å². The molecule has 0 radical (unpaired) electrons. The predicted molar refractivity (Wildman–Crippen MR) is 90.3 cm³/mol. The Morgan fingerprint density at radius 1 is 1.05 bits per heavy atom. The average molecular weight is 294 g/mol. The number of benzene rings is 1. The van der Waals surface area contributed by atoms with Gasteiger partial charge in [-0.25, -0.2) is 4.39 Å². The van der Waals surface area contributed by atoms with Gasteiger partial charge in [0.1, 0.15) is 5.82 Å². The van der Waals surface area contributed by atoms with Gasteiger partial charge in [-0.1, -0.05) is 33.8 Å². The van der Waals surface area contributed by atoms with E-state index < -0.39 is 0 Å². The van der Waals surface area contributed by atoms with Gasteiger partial charge in [0.15, 0.2) is 0 Å². The molecule has 0 bridgehead atoms. The molecular weight excluding hydrogens is 263 g/mol. The molecular formula is C18H31FN2. The molecule has 1 aromatic carbocycles. The molecule has 0 saturated carbocycles. The third-order valence-electron chi connectivity index (χ3n) is 3.74. The SMILES string of the molecule is CNCc1c(F)cccc1N(CCC(C)C)CCC(C)C. The van der Waals surface area contributed by atoms with Crippen LogP contribution in [0, 0.1) is 17.7 Å². The van der Waals surface area contributed by atoms with Crippen molar-refractivity contribution < 1.29 is 4.39 Å². The number of hydrogen-bond acceptors (Lipinski definition) is 2. The Kier molecular flexibility index (Phi) is 7.73. The minimum Gasteiger partial charge on any atom is -0.371 e. The summed E-state index contributed by atoms with van der Waals surface area (Å²) in [4.78, 5) is 2.36. The van der Waals surface area contributed by atoms with Crippen molar-refractivity contribution in [3.8, 4) is 0 Å². The van der Waals surface area contributed by atoms with Gasteiger partial charge in [0.2, 0.25) is 0 Å². The highest BCUT2D eigenvalue weighted by Crippen LogP contribution is 2.25. The fourth-order valence-corrected chi connectivity index (χ4v) is 2.38. The molecule has 0 spiro atoms. The summed E-state index contributed by atoms with van der Waals surface area (Å²) in [5.41, 5.74) is 1.83. The van der Waals surface area contributed by atoms with E-state index in [1.807, 2.05) is 13.1 Å². The Hall–Kier alpha value is -1.09. The zero-order valence-electron chi connectivity index (χ0n) is 14.2. The van der Waals surface area contributed by atoms with E-state index in [1.165, 1.54) is 0 Å². The Morgan fingerprint density at radius 3 is 2.10 bits per heavy atom. The summed E-state index contributed by atoms with van der Waals surface area (Å²) in [6, 6.07) is 5.43. The summed E-state index contributed by atoms with van der Waals surface area (Å²) in [7, 11) is 1.86. The van der Waals surface area contributed by atoms with Crippen molar-refractivity contribution in [2.45, 2.75) is 47.1 Å². The molecule has 1 rings (SSSR count).